The number of rotatable bonds is 3. The zero-order chi connectivity index (χ0) is 17.4. The lowest BCUT2D eigenvalue weighted by Crippen LogP contribution is -2.01. The van der Waals surface area contributed by atoms with Crippen molar-refractivity contribution in [1.29, 1.82) is 0 Å². The van der Waals surface area contributed by atoms with Crippen molar-refractivity contribution in [2.75, 3.05) is 5.73 Å². The molecule has 0 bridgehead atoms. The third-order valence-corrected chi connectivity index (χ3v) is 4.71. The Bertz CT molecular complexity index is 1020. The third-order valence-electron chi connectivity index (χ3n) is 3.90. The van der Waals surface area contributed by atoms with Crippen LogP contribution >= 0.6 is 11.3 Å². The maximum Gasteiger partial charge on any atom is 0.212 e. The van der Waals surface area contributed by atoms with Gasteiger partial charge in [0.1, 0.15) is 11.6 Å². The van der Waals surface area contributed by atoms with Crippen molar-refractivity contribution in [2.24, 2.45) is 0 Å². The van der Waals surface area contributed by atoms with E-state index in [1.807, 2.05) is 17.5 Å². The van der Waals surface area contributed by atoms with Crippen molar-refractivity contribution in [3.8, 4) is 27.6 Å². The van der Waals surface area contributed by atoms with E-state index in [1.165, 1.54) is 29.0 Å². The quantitative estimate of drug-likeness (QED) is 0.583. The fourth-order valence-electron chi connectivity index (χ4n) is 2.53. The van der Waals surface area contributed by atoms with E-state index in [1.54, 1.807) is 22.9 Å². The lowest BCUT2D eigenvalue weighted by molar-refractivity contribution is 0.628. The molecule has 2 aromatic heterocycles. The molecule has 0 atom stereocenters. The maximum atomic E-state index is 13.1. The molecule has 0 aliphatic carbocycles. The second-order valence-corrected chi connectivity index (χ2v) is 6.59. The number of anilines is 1. The predicted octanol–water partition coefficient (Wildman–Crippen LogP) is 4.69. The monoisotopic (exact) mass is 350 g/mol. The van der Waals surface area contributed by atoms with E-state index in [0.29, 0.717) is 16.6 Å². The first-order valence-electron chi connectivity index (χ1n) is 7.74. The molecule has 2 heterocycles. The molecule has 0 aliphatic heterocycles. The summed E-state index contributed by atoms with van der Waals surface area (Å²) in [6.07, 6.45) is 0. The topological polar surface area (TPSA) is 56.7 Å². The molecule has 0 unspecified atom stereocenters. The molecule has 0 saturated heterocycles. The van der Waals surface area contributed by atoms with Crippen molar-refractivity contribution >= 4 is 17.2 Å². The highest BCUT2D eigenvalue weighted by Gasteiger charge is 2.13. The Morgan fingerprint density at radius 1 is 0.960 bits per heavy atom. The van der Waals surface area contributed by atoms with Gasteiger partial charge in [-0.3, -0.25) is 0 Å². The Hall–Kier alpha value is -2.99. The van der Waals surface area contributed by atoms with Crippen molar-refractivity contribution in [1.82, 2.24) is 14.8 Å². The van der Waals surface area contributed by atoms with Gasteiger partial charge in [-0.05, 0) is 31.2 Å². The van der Waals surface area contributed by atoms with Crippen molar-refractivity contribution < 1.29 is 4.39 Å². The van der Waals surface area contributed by atoms with Gasteiger partial charge in [-0.1, -0.05) is 29.8 Å². The normalized spacial score (nSPS) is 11.0. The average Bonchev–Trinajstić information content (AvgIpc) is 3.23. The van der Waals surface area contributed by atoms with Crippen LogP contribution in [0.5, 0.6) is 0 Å². The summed E-state index contributed by atoms with van der Waals surface area (Å²) in [6, 6.07) is 16.1. The highest BCUT2D eigenvalue weighted by Crippen LogP contribution is 2.28. The van der Waals surface area contributed by atoms with Gasteiger partial charge in [0.05, 0.1) is 11.4 Å². The summed E-state index contributed by atoms with van der Waals surface area (Å²) in [7, 11) is 0. The number of benzene rings is 2. The lowest BCUT2D eigenvalue weighted by Gasteiger charge is -1.99. The van der Waals surface area contributed by atoms with Crippen LogP contribution in [0, 0.1) is 12.7 Å². The fraction of sp³-hybridized carbons (Fsp3) is 0.0526. The number of nitrogen functional groups attached to an aromatic ring is 1. The number of hydrogen-bond acceptors (Lipinski definition) is 4. The maximum absolute atomic E-state index is 13.1. The zero-order valence-corrected chi connectivity index (χ0v) is 14.3. The summed E-state index contributed by atoms with van der Waals surface area (Å²) in [6.45, 7) is 2.05. The summed E-state index contributed by atoms with van der Waals surface area (Å²) in [5, 5.41) is 7.20. The van der Waals surface area contributed by atoms with Crippen LogP contribution in [-0.4, -0.2) is 14.8 Å². The van der Waals surface area contributed by atoms with E-state index < -0.39 is 0 Å². The number of nitrogens with zero attached hydrogens (tertiary/aromatic N) is 3. The van der Waals surface area contributed by atoms with Gasteiger partial charge < -0.3 is 5.73 Å². The summed E-state index contributed by atoms with van der Waals surface area (Å²) in [5.41, 5.74) is 10.7. The summed E-state index contributed by atoms with van der Waals surface area (Å²) in [4.78, 5) is 4.64. The molecule has 4 aromatic rings. The van der Waals surface area contributed by atoms with E-state index in [9.17, 15) is 4.39 Å². The van der Waals surface area contributed by atoms with Gasteiger partial charge in [-0.25, -0.2) is 9.37 Å². The van der Waals surface area contributed by atoms with Crippen LogP contribution in [-0.2, 0) is 0 Å². The molecule has 0 radical (unpaired) electrons. The van der Waals surface area contributed by atoms with Gasteiger partial charge in [0.2, 0.25) is 5.13 Å². The van der Waals surface area contributed by atoms with Crippen molar-refractivity contribution in [3.63, 3.8) is 0 Å². The van der Waals surface area contributed by atoms with Crippen LogP contribution in [0.3, 0.4) is 0 Å². The highest BCUT2D eigenvalue weighted by atomic mass is 32.1. The molecule has 2 aromatic carbocycles. The van der Waals surface area contributed by atoms with Crippen molar-refractivity contribution in [2.45, 2.75) is 6.92 Å². The second kappa shape index (κ2) is 6.14. The largest absolute Gasteiger partial charge is 0.383 e. The third kappa shape index (κ3) is 3.04. The Morgan fingerprint density at radius 3 is 2.32 bits per heavy atom. The molecule has 0 saturated carbocycles. The SMILES string of the molecule is Cc1ccc(-c2csc(-n3nc(-c4ccc(F)cc4)cc3N)n2)cc1. The minimum Gasteiger partial charge on any atom is -0.383 e. The van der Waals surface area contributed by atoms with Crippen molar-refractivity contribution in [3.05, 3.63) is 71.4 Å². The number of hydrogen-bond donors (Lipinski definition) is 1. The minimum absolute atomic E-state index is 0.279. The van der Waals surface area contributed by atoms with E-state index in [4.69, 9.17) is 5.73 Å². The molecule has 4 rings (SSSR count). The Labute approximate surface area is 148 Å². The first-order chi connectivity index (χ1) is 12.1. The predicted molar refractivity (Wildman–Crippen MR) is 99.2 cm³/mol. The molecule has 4 nitrogen and oxygen atoms in total. The van der Waals surface area contributed by atoms with Gasteiger partial charge >= 0.3 is 0 Å². The molecule has 0 spiro atoms. The van der Waals surface area contributed by atoms with Crippen LogP contribution in [0.15, 0.2) is 60.0 Å². The van der Waals surface area contributed by atoms with E-state index in [2.05, 4.69) is 29.1 Å². The average molecular weight is 350 g/mol. The van der Waals surface area contributed by atoms with Crippen LogP contribution in [0.2, 0.25) is 0 Å². The van der Waals surface area contributed by atoms with E-state index in [-0.39, 0.29) is 5.82 Å². The second-order valence-electron chi connectivity index (χ2n) is 5.75. The fourth-order valence-corrected chi connectivity index (χ4v) is 3.33. The summed E-state index contributed by atoms with van der Waals surface area (Å²) >= 11 is 1.48. The highest BCUT2D eigenvalue weighted by molar-refractivity contribution is 7.12. The zero-order valence-electron chi connectivity index (χ0n) is 13.5. The molecule has 0 amide bonds. The van der Waals surface area contributed by atoms with Gasteiger partial charge in [0.25, 0.3) is 0 Å². The first-order valence-corrected chi connectivity index (χ1v) is 8.62. The molecule has 0 fully saturated rings. The van der Waals surface area contributed by atoms with Gasteiger partial charge in [0.15, 0.2) is 0 Å². The molecule has 0 aliphatic rings. The van der Waals surface area contributed by atoms with Crippen LogP contribution < -0.4 is 5.73 Å². The van der Waals surface area contributed by atoms with Gasteiger partial charge in [-0.15, -0.1) is 11.3 Å². The Morgan fingerprint density at radius 2 is 1.60 bits per heavy atom. The van der Waals surface area contributed by atoms with Crippen LogP contribution in [0.25, 0.3) is 27.6 Å². The van der Waals surface area contributed by atoms with Crippen LogP contribution in [0.4, 0.5) is 10.2 Å². The number of nitrogens with two attached hydrogens (primary N) is 1. The molecule has 6 heteroatoms. The molecule has 124 valence electrons. The minimum atomic E-state index is -0.279. The lowest BCUT2D eigenvalue weighted by atomic mass is 10.1. The summed E-state index contributed by atoms with van der Waals surface area (Å²) in [5.74, 6) is 0.211. The standard InChI is InChI=1S/C19H15FN4S/c1-12-2-4-14(5-3-12)17-11-25-19(22-17)24-18(21)10-16(23-24)13-6-8-15(20)9-7-13/h2-11H,21H2,1H3. The van der Waals surface area contributed by atoms with E-state index in [0.717, 1.165) is 16.8 Å². The Balaban J connectivity index is 1.69. The number of thiazole rings is 1. The first kappa shape index (κ1) is 15.5. The molecular formula is C19H15FN4S. The Kier molecular flexibility index (Phi) is 3.82. The van der Waals surface area contributed by atoms with Gasteiger partial charge in [0, 0.05) is 22.6 Å². The number of aromatic nitrogens is 3. The molecular weight excluding hydrogens is 335 g/mol. The van der Waals surface area contributed by atoms with Gasteiger partial charge in [-0.2, -0.15) is 9.78 Å². The molecule has 25 heavy (non-hydrogen) atoms. The smallest absolute Gasteiger partial charge is 0.212 e. The van der Waals surface area contributed by atoms with E-state index >= 15 is 0 Å². The number of halogens is 1. The van der Waals surface area contributed by atoms with Crippen LogP contribution in [0.1, 0.15) is 5.56 Å². The summed E-state index contributed by atoms with van der Waals surface area (Å²) < 4.78 is 14.7. The molecule has 2 N–H and O–H groups in total. The number of aryl methyl sites for hydroxylation is 1.